The van der Waals surface area contributed by atoms with Crippen molar-refractivity contribution in [2.24, 2.45) is 0 Å². The molecule has 0 bridgehead atoms. The number of halogens is 1. The van der Waals surface area contributed by atoms with Crippen molar-refractivity contribution < 1.29 is 9.18 Å². The Hall–Kier alpha value is -2.36. The minimum Gasteiger partial charge on any atom is -0.372 e. The number of aryl methyl sites for hydroxylation is 1. The van der Waals surface area contributed by atoms with E-state index in [9.17, 15) is 9.18 Å². The molecule has 0 radical (unpaired) electrons. The van der Waals surface area contributed by atoms with Gasteiger partial charge in [-0.15, -0.1) is 0 Å². The third-order valence-corrected chi connectivity index (χ3v) is 4.70. The normalized spacial score (nSPS) is 14.4. The third-order valence-electron chi connectivity index (χ3n) is 4.70. The molecular formula is C21H25FN2O. The summed E-state index contributed by atoms with van der Waals surface area (Å²) in [6, 6.07) is 14.8. The van der Waals surface area contributed by atoms with Gasteiger partial charge >= 0.3 is 0 Å². The van der Waals surface area contributed by atoms with Crippen LogP contribution in [-0.4, -0.2) is 19.0 Å². The molecule has 0 aromatic heterocycles. The molecule has 25 heavy (non-hydrogen) atoms. The van der Waals surface area contributed by atoms with Crippen LogP contribution in [0.3, 0.4) is 0 Å². The summed E-state index contributed by atoms with van der Waals surface area (Å²) in [5.41, 5.74) is 3.35. The van der Waals surface area contributed by atoms with E-state index >= 15 is 0 Å². The predicted octanol–water partition coefficient (Wildman–Crippen LogP) is 4.07. The zero-order valence-corrected chi connectivity index (χ0v) is 14.5. The van der Waals surface area contributed by atoms with E-state index in [1.54, 1.807) is 12.1 Å². The van der Waals surface area contributed by atoms with Crippen LogP contribution in [0.1, 0.15) is 36.8 Å². The molecule has 0 spiro atoms. The highest BCUT2D eigenvalue weighted by Gasteiger charge is 2.10. The van der Waals surface area contributed by atoms with Crippen LogP contribution in [0, 0.1) is 5.82 Å². The van der Waals surface area contributed by atoms with Crippen molar-refractivity contribution in [3.8, 4) is 0 Å². The van der Waals surface area contributed by atoms with E-state index in [1.165, 1.54) is 37.1 Å². The van der Waals surface area contributed by atoms with E-state index < -0.39 is 0 Å². The number of anilines is 1. The first-order chi connectivity index (χ1) is 12.2. The number of hydrogen-bond donors (Lipinski definition) is 1. The first-order valence-corrected chi connectivity index (χ1v) is 9.06. The Bertz CT molecular complexity index is 676. The van der Waals surface area contributed by atoms with Crippen LogP contribution in [0.15, 0.2) is 48.5 Å². The van der Waals surface area contributed by atoms with Crippen molar-refractivity contribution >= 4 is 11.6 Å². The second-order valence-electron chi connectivity index (χ2n) is 6.62. The van der Waals surface area contributed by atoms with Crippen LogP contribution in [0.5, 0.6) is 0 Å². The number of rotatable bonds is 6. The van der Waals surface area contributed by atoms with Crippen LogP contribution in [-0.2, 0) is 17.8 Å². The van der Waals surface area contributed by atoms with Gasteiger partial charge in [0, 0.05) is 31.7 Å². The van der Waals surface area contributed by atoms with Crippen molar-refractivity contribution in [2.75, 3.05) is 18.0 Å². The molecular weight excluding hydrogens is 315 g/mol. The predicted molar refractivity (Wildman–Crippen MR) is 99.1 cm³/mol. The molecule has 1 fully saturated rings. The fourth-order valence-electron chi connectivity index (χ4n) is 3.17. The number of benzene rings is 2. The molecule has 132 valence electrons. The van der Waals surface area contributed by atoms with Crippen molar-refractivity contribution in [3.05, 3.63) is 65.5 Å². The molecule has 1 heterocycles. The fourth-order valence-corrected chi connectivity index (χ4v) is 3.17. The lowest BCUT2D eigenvalue weighted by Gasteiger charge is -2.28. The van der Waals surface area contributed by atoms with Crippen LogP contribution in [0.25, 0.3) is 0 Å². The largest absolute Gasteiger partial charge is 0.372 e. The van der Waals surface area contributed by atoms with Gasteiger partial charge in [0.25, 0.3) is 0 Å². The highest BCUT2D eigenvalue weighted by Crippen LogP contribution is 2.20. The highest BCUT2D eigenvalue weighted by atomic mass is 19.1. The van der Waals surface area contributed by atoms with Crippen molar-refractivity contribution in [2.45, 2.75) is 38.6 Å². The molecule has 1 aliphatic heterocycles. The zero-order valence-electron chi connectivity index (χ0n) is 14.5. The lowest BCUT2D eigenvalue weighted by Crippen LogP contribution is -2.29. The summed E-state index contributed by atoms with van der Waals surface area (Å²) in [7, 11) is 0. The Morgan fingerprint density at radius 1 is 0.920 bits per heavy atom. The summed E-state index contributed by atoms with van der Waals surface area (Å²) < 4.78 is 12.9. The molecule has 4 heteroatoms. The number of hydrogen-bond acceptors (Lipinski definition) is 2. The number of nitrogens with one attached hydrogen (secondary N) is 1. The molecule has 3 rings (SSSR count). The van der Waals surface area contributed by atoms with Crippen molar-refractivity contribution in [1.82, 2.24) is 5.32 Å². The minimum atomic E-state index is -0.249. The van der Waals surface area contributed by atoms with E-state index in [4.69, 9.17) is 0 Å². The summed E-state index contributed by atoms with van der Waals surface area (Å²) >= 11 is 0. The third kappa shape index (κ3) is 5.31. The molecule has 0 aliphatic carbocycles. The Morgan fingerprint density at radius 3 is 2.24 bits per heavy atom. The van der Waals surface area contributed by atoms with Gasteiger partial charge in [0.2, 0.25) is 5.91 Å². The Morgan fingerprint density at radius 2 is 1.56 bits per heavy atom. The van der Waals surface area contributed by atoms with Crippen LogP contribution < -0.4 is 10.2 Å². The van der Waals surface area contributed by atoms with Gasteiger partial charge < -0.3 is 10.2 Å². The summed E-state index contributed by atoms with van der Waals surface area (Å²) in [4.78, 5) is 14.4. The Labute approximate surface area is 148 Å². The van der Waals surface area contributed by atoms with Gasteiger partial charge in [-0.2, -0.15) is 0 Å². The van der Waals surface area contributed by atoms with Gasteiger partial charge in [0.05, 0.1) is 0 Å². The average Bonchev–Trinajstić information content (AvgIpc) is 2.67. The molecule has 1 saturated heterocycles. The minimum absolute atomic E-state index is 0.0180. The summed E-state index contributed by atoms with van der Waals surface area (Å²) in [5.74, 6) is -0.231. The van der Waals surface area contributed by atoms with Crippen LogP contribution in [0.4, 0.5) is 10.1 Å². The molecule has 0 saturated carbocycles. The molecule has 0 atom stereocenters. The lowest BCUT2D eigenvalue weighted by atomic mass is 10.1. The highest BCUT2D eigenvalue weighted by molar-refractivity contribution is 5.76. The van der Waals surface area contributed by atoms with E-state index in [1.807, 2.05) is 0 Å². The van der Waals surface area contributed by atoms with E-state index in [2.05, 4.69) is 34.5 Å². The number of nitrogens with zero attached hydrogens (tertiary/aromatic N) is 1. The van der Waals surface area contributed by atoms with Gasteiger partial charge in [0.15, 0.2) is 0 Å². The topological polar surface area (TPSA) is 32.3 Å². The molecule has 1 N–H and O–H groups in total. The van der Waals surface area contributed by atoms with Gasteiger partial charge in [-0.05, 0) is 61.1 Å². The quantitative estimate of drug-likeness (QED) is 0.860. The zero-order chi connectivity index (χ0) is 17.5. The second-order valence-corrected chi connectivity index (χ2v) is 6.62. The van der Waals surface area contributed by atoms with Gasteiger partial charge in [-0.25, -0.2) is 4.39 Å². The van der Waals surface area contributed by atoms with Gasteiger partial charge in [-0.3, -0.25) is 4.79 Å². The molecule has 0 unspecified atom stereocenters. The molecule has 2 aromatic rings. The number of piperidine rings is 1. The maximum absolute atomic E-state index is 12.9. The van der Waals surface area contributed by atoms with Gasteiger partial charge in [-0.1, -0.05) is 24.3 Å². The number of carbonyl (C=O) groups is 1. The maximum Gasteiger partial charge on any atom is 0.220 e. The summed E-state index contributed by atoms with van der Waals surface area (Å²) in [6.45, 7) is 2.82. The first kappa shape index (κ1) is 17.5. The molecule has 1 aliphatic rings. The Balaban J connectivity index is 1.43. The van der Waals surface area contributed by atoms with E-state index in [0.717, 1.165) is 24.2 Å². The maximum atomic E-state index is 12.9. The summed E-state index contributed by atoms with van der Waals surface area (Å²) in [6.07, 6.45) is 4.91. The standard InChI is InChI=1S/C21H25FN2O/c22-19-9-4-17(5-10-19)8-13-21(25)23-16-18-6-11-20(12-7-18)24-14-2-1-3-15-24/h4-7,9-12H,1-3,8,13-16H2,(H,23,25). The van der Waals surface area contributed by atoms with E-state index in [0.29, 0.717) is 19.4 Å². The van der Waals surface area contributed by atoms with Crippen molar-refractivity contribution in [1.29, 1.82) is 0 Å². The smallest absolute Gasteiger partial charge is 0.220 e. The van der Waals surface area contributed by atoms with Gasteiger partial charge in [0.1, 0.15) is 5.82 Å². The number of amides is 1. The SMILES string of the molecule is O=C(CCc1ccc(F)cc1)NCc1ccc(N2CCCCC2)cc1. The molecule has 1 amide bonds. The second kappa shape index (κ2) is 8.65. The lowest BCUT2D eigenvalue weighted by molar-refractivity contribution is -0.121. The Kier molecular flexibility index (Phi) is 6.04. The van der Waals surface area contributed by atoms with Crippen LogP contribution in [0.2, 0.25) is 0 Å². The fraction of sp³-hybridized carbons (Fsp3) is 0.381. The molecule has 3 nitrogen and oxygen atoms in total. The average molecular weight is 340 g/mol. The van der Waals surface area contributed by atoms with Crippen molar-refractivity contribution in [3.63, 3.8) is 0 Å². The van der Waals surface area contributed by atoms with E-state index in [-0.39, 0.29) is 11.7 Å². The first-order valence-electron chi connectivity index (χ1n) is 9.06. The molecule has 2 aromatic carbocycles. The monoisotopic (exact) mass is 340 g/mol. The van der Waals surface area contributed by atoms with Crippen LogP contribution >= 0.6 is 0 Å². The number of carbonyl (C=O) groups excluding carboxylic acids is 1. The summed E-state index contributed by atoms with van der Waals surface area (Å²) in [5, 5.41) is 2.95.